The largest absolute Gasteiger partial charge is 0.383 e. The molecule has 2 fully saturated rings. The van der Waals surface area contributed by atoms with E-state index in [0.29, 0.717) is 6.61 Å². The molecule has 6 heteroatoms. The molecule has 0 unspecified atom stereocenters. The van der Waals surface area contributed by atoms with Crippen LogP contribution in [-0.2, 0) is 19.1 Å². The van der Waals surface area contributed by atoms with Crippen LogP contribution >= 0.6 is 0 Å². The van der Waals surface area contributed by atoms with Crippen LogP contribution in [-0.4, -0.2) is 54.8 Å². The molecule has 0 saturated carbocycles. The Morgan fingerprint density at radius 2 is 1.76 bits per heavy atom. The number of carbonyl (C=O) groups is 3. The lowest BCUT2D eigenvalue weighted by molar-refractivity contribution is -0.142. The molecule has 0 spiro atoms. The first-order valence-corrected chi connectivity index (χ1v) is 10.1. The highest BCUT2D eigenvalue weighted by Crippen LogP contribution is 2.50. The number of Topliss-reactive ketones (excluding diaryl/α,β-unsaturated/α-hetero) is 1. The Bertz CT molecular complexity index is 914. The second-order valence-corrected chi connectivity index (χ2v) is 9.20. The molecule has 0 bridgehead atoms. The normalized spacial score (nSPS) is 28.2. The highest BCUT2D eigenvalue weighted by atomic mass is 16.5. The Morgan fingerprint density at radius 3 is 2.41 bits per heavy atom. The molecule has 154 valence electrons. The van der Waals surface area contributed by atoms with E-state index in [1.165, 1.54) is 4.90 Å². The first-order valence-electron chi connectivity index (χ1n) is 10.1. The van der Waals surface area contributed by atoms with E-state index in [1.807, 2.05) is 56.9 Å². The third kappa shape index (κ3) is 2.84. The lowest BCUT2D eigenvalue weighted by Crippen LogP contribution is -2.51. The van der Waals surface area contributed by atoms with Gasteiger partial charge in [-0.2, -0.15) is 0 Å². The summed E-state index contributed by atoms with van der Waals surface area (Å²) >= 11 is 0. The molecule has 0 aromatic heterocycles. The summed E-state index contributed by atoms with van der Waals surface area (Å²) in [6.45, 7) is 8.16. The van der Waals surface area contributed by atoms with Crippen LogP contribution in [0.2, 0.25) is 0 Å². The zero-order chi connectivity index (χ0) is 21.1. The van der Waals surface area contributed by atoms with Crippen molar-refractivity contribution in [2.45, 2.75) is 39.8 Å². The molecular weight excluding hydrogens is 368 g/mol. The van der Waals surface area contributed by atoms with Gasteiger partial charge in [-0.15, -0.1) is 0 Å². The quantitative estimate of drug-likeness (QED) is 0.732. The zero-order valence-electron chi connectivity index (χ0n) is 17.6. The molecule has 2 saturated heterocycles. The molecule has 1 aromatic rings. The van der Waals surface area contributed by atoms with Crippen LogP contribution in [0.25, 0.3) is 5.57 Å². The lowest BCUT2D eigenvalue weighted by atomic mass is 9.79. The summed E-state index contributed by atoms with van der Waals surface area (Å²) in [4.78, 5) is 43.5. The van der Waals surface area contributed by atoms with E-state index < -0.39 is 23.3 Å². The molecule has 0 radical (unpaired) electrons. The SMILES string of the molecule is COCCN1C(=O)[C@@H]2[C@H](C1=O)[C@H]1C=C(C)c3ccccc3N1[C@H]2C(=O)C(C)(C)C. The van der Waals surface area contributed by atoms with Crippen LogP contribution in [0.5, 0.6) is 0 Å². The van der Waals surface area contributed by atoms with Gasteiger partial charge in [0.1, 0.15) is 6.04 Å². The Balaban J connectivity index is 1.86. The van der Waals surface area contributed by atoms with E-state index in [-0.39, 0.29) is 30.2 Å². The molecule has 2 amide bonds. The van der Waals surface area contributed by atoms with Gasteiger partial charge >= 0.3 is 0 Å². The van der Waals surface area contributed by atoms with Gasteiger partial charge in [0.25, 0.3) is 0 Å². The van der Waals surface area contributed by atoms with Crippen LogP contribution in [0.1, 0.15) is 33.3 Å². The number of imide groups is 1. The highest BCUT2D eigenvalue weighted by molar-refractivity contribution is 6.12. The molecule has 0 aliphatic carbocycles. The van der Waals surface area contributed by atoms with Gasteiger partial charge < -0.3 is 9.64 Å². The van der Waals surface area contributed by atoms with Crippen molar-refractivity contribution in [3.8, 4) is 0 Å². The molecular formula is C23H28N2O4. The number of carbonyl (C=O) groups excluding carboxylic acids is 3. The van der Waals surface area contributed by atoms with Crippen LogP contribution in [0, 0.1) is 17.3 Å². The van der Waals surface area contributed by atoms with Gasteiger partial charge in [-0.25, -0.2) is 0 Å². The number of fused-ring (bicyclic) bond motifs is 5. The second-order valence-electron chi connectivity index (χ2n) is 9.20. The van der Waals surface area contributed by atoms with E-state index in [9.17, 15) is 14.4 Å². The number of ether oxygens (including phenoxy) is 1. The van der Waals surface area contributed by atoms with Gasteiger partial charge in [0.2, 0.25) is 11.8 Å². The smallest absolute Gasteiger partial charge is 0.235 e. The number of rotatable bonds is 4. The fourth-order valence-corrected chi connectivity index (χ4v) is 5.01. The molecule has 3 aliphatic rings. The van der Waals surface area contributed by atoms with Crippen LogP contribution in [0.4, 0.5) is 5.69 Å². The van der Waals surface area contributed by atoms with Crippen molar-refractivity contribution in [3.05, 3.63) is 35.9 Å². The van der Waals surface area contributed by atoms with Gasteiger partial charge in [0.05, 0.1) is 31.0 Å². The van der Waals surface area contributed by atoms with Crippen LogP contribution < -0.4 is 4.90 Å². The summed E-state index contributed by atoms with van der Waals surface area (Å²) in [5, 5.41) is 0. The predicted molar refractivity (Wildman–Crippen MR) is 110 cm³/mol. The summed E-state index contributed by atoms with van der Waals surface area (Å²) in [6.07, 6.45) is 2.06. The topological polar surface area (TPSA) is 66.9 Å². The van der Waals surface area contributed by atoms with E-state index in [4.69, 9.17) is 4.74 Å². The number of ketones is 1. The predicted octanol–water partition coefficient (Wildman–Crippen LogP) is 2.52. The van der Waals surface area contributed by atoms with E-state index in [1.54, 1.807) is 7.11 Å². The lowest BCUT2D eigenvalue weighted by Gasteiger charge is -2.39. The Morgan fingerprint density at radius 1 is 1.10 bits per heavy atom. The van der Waals surface area contributed by atoms with E-state index in [0.717, 1.165) is 16.8 Å². The minimum atomic E-state index is -0.661. The van der Waals surface area contributed by atoms with Gasteiger partial charge in [0, 0.05) is 23.8 Å². The average molecular weight is 396 g/mol. The number of anilines is 1. The minimum absolute atomic E-state index is 0.00695. The number of likely N-dealkylation sites (tertiary alicyclic amines) is 1. The highest BCUT2D eigenvalue weighted by Gasteiger charge is 2.64. The van der Waals surface area contributed by atoms with Gasteiger partial charge in [-0.3, -0.25) is 19.3 Å². The maximum Gasteiger partial charge on any atom is 0.235 e. The standard InChI is InChI=1S/C23H28N2O4/c1-13-12-16-17-18(22(28)24(21(17)27)10-11-29-5)19(20(26)23(2,3)4)25(16)15-9-7-6-8-14(13)15/h6-9,12,16-19H,10-11H2,1-5H3/t16-,17-,18-,19-/m1/s1. The number of hydrogen-bond donors (Lipinski definition) is 0. The Labute approximate surface area is 171 Å². The van der Waals surface area contributed by atoms with Crippen LogP contribution in [0.15, 0.2) is 30.3 Å². The van der Waals surface area contributed by atoms with Crippen molar-refractivity contribution < 1.29 is 19.1 Å². The third-order valence-electron chi connectivity index (χ3n) is 6.37. The Hall–Kier alpha value is -2.47. The first kappa shape index (κ1) is 19.8. The fraction of sp³-hybridized carbons (Fsp3) is 0.522. The molecule has 4 atom stereocenters. The fourth-order valence-electron chi connectivity index (χ4n) is 5.01. The molecule has 3 aliphatic heterocycles. The summed E-state index contributed by atoms with van der Waals surface area (Å²) in [5.74, 6) is -1.66. The zero-order valence-corrected chi connectivity index (χ0v) is 17.6. The monoisotopic (exact) mass is 396 g/mol. The van der Waals surface area contributed by atoms with Crippen molar-refractivity contribution in [1.82, 2.24) is 4.90 Å². The maximum atomic E-state index is 13.6. The number of nitrogens with zero attached hydrogens (tertiary/aromatic N) is 2. The van der Waals surface area contributed by atoms with Crippen molar-refractivity contribution in [1.29, 1.82) is 0 Å². The van der Waals surface area contributed by atoms with Crippen molar-refractivity contribution >= 4 is 28.9 Å². The van der Waals surface area contributed by atoms with E-state index in [2.05, 4.69) is 6.08 Å². The van der Waals surface area contributed by atoms with Crippen molar-refractivity contribution in [2.75, 3.05) is 25.2 Å². The average Bonchev–Trinajstić information content (AvgIpc) is 3.13. The summed E-state index contributed by atoms with van der Waals surface area (Å²) in [7, 11) is 1.55. The van der Waals surface area contributed by atoms with Crippen LogP contribution in [0.3, 0.4) is 0 Å². The number of para-hydroxylation sites is 1. The molecule has 4 rings (SSSR count). The van der Waals surface area contributed by atoms with Crippen molar-refractivity contribution in [3.63, 3.8) is 0 Å². The number of allylic oxidation sites excluding steroid dienone is 1. The second kappa shape index (κ2) is 6.80. The Kier molecular flexibility index (Phi) is 4.65. The number of benzene rings is 1. The summed E-state index contributed by atoms with van der Waals surface area (Å²) in [6, 6.07) is 6.97. The molecule has 6 nitrogen and oxygen atoms in total. The number of methoxy groups -OCH3 is 1. The molecule has 1 aromatic carbocycles. The number of amides is 2. The minimum Gasteiger partial charge on any atom is -0.383 e. The summed E-state index contributed by atoms with van der Waals surface area (Å²) in [5.41, 5.74) is 2.42. The van der Waals surface area contributed by atoms with Crippen molar-refractivity contribution in [2.24, 2.45) is 17.3 Å². The summed E-state index contributed by atoms with van der Waals surface area (Å²) < 4.78 is 5.09. The first-order chi connectivity index (χ1) is 13.7. The van der Waals surface area contributed by atoms with E-state index >= 15 is 0 Å². The molecule has 0 N–H and O–H groups in total. The molecule has 3 heterocycles. The van der Waals surface area contributed by atoms with Gasteiger partial charge in [-0.1, -0.05) is 45.0 Å². The number of hydrogen-bond acceptors (Lipinski definition) is 5. The van der Waals surface area contributed by atoms with Gasteiger partial charge in [0.15, 0.2) is 5.78 Å². The third-order valence-corrected chi connectivity index (χ3v) is 6.37. The molecule has 29 heavy (non-hydrogen) atoms. The van der Waals surface area contributed by atoms with Gasteiger partial charge in [-0.05, 0) is 18.6 Å². The maximum absolute atomic E-state index is 13.6.